The molecule has 0 spiro atoms. The van der Waals surface area contributed by atoms with E-state index in [1.807, 2.05) is 4.90 Å². The van der Waals surface area contributed by atoms with Gasteiger partial charge in [0.25, 0.3) is 5.56 Å². The van der Waals surface area contributed by atoms with E-state index in [2.05, 4.69) is 27.5 Å². The Hall–Kier alpha value is -3.23. The van der Waals surface area contributed by atoms with Gasteiger partial charge >= 0.3 is 0 Å². The number of rotatable bonds is 3. The highest BCUT2D eigenvalue weighted by Gasteiger charge is 2.35. The van der Waals surface area contributed by atoms with Gasteiger partial charge in [-0.1, -0.05) is 13.0 Å². The lowest BCUT2D eigenvalue weighted by molar-refractivity contribution is -0.123. The van der Waals surface area contributed by atoms with E-state index < -0.39 is 29.1 Å². The summed E-state index contributed by atoms with van der Waals surface area (Å²) in [5.74, 6) is -1.47. The van der Waals surface area contributed by atoms with Gasteiger partial charge in [-0.3, -0.25) is 19.4 Å². The Bertz CT molecular complexity index is 1020. The average molecular weight is 399 g/mol. The Morgan fingerprint density at radius 2 is 2.17 bits per heavy atom. The summed E-state index contributed by atoms with van der Waals surface area (Å²) in [5.41, 5.74) is -0.0826. The minimum Gasteiger partial charge on any atom is -0.342 e. The molecule has 0 radical (unpaired) electrons. The summed E-state index contributed by atoms with van der Waals surface area (Å²) in [6.45, 7) is 3.67. The van der Waals surface area contributed by atoms with Crippen molar-refractivity contribution < 1.29 is 14.0 Å². The van der Waals surface area contributed by atoms with Gasteiger partial charge in [-0.2, -0.15) is 4.98 Å². The van der Waals surface area contributed by atoms with Crippen LogP contribution in [0.3, 0.4) is 0 Å². The maximum absolute atomic E-state index is 13.4. The minimum atomic E-state index is -1.01. The fourth-order valence-electron chi connectivity index (χ4n) is 3.91. The summed E-state index contributed by atoms with van der Waals surface area (Å²) >= 11 is 0. The lowest BCUT2D eigenvalue weighted by Gasteiger charge is -2.32. The number of amides is 2. The van der Waals surface area contributed by atoms with E-state index in [0.717, 1.165) is 25.9 Å². The van der Waals surface area contributed by atoms with Crippen molar-refractivity contribution in [1.82, 2.24) is 9.97 Å². The van der Waals surface area contributed by atoms with Crippen LogP contribution in [-0.2, 0) is 9.59 Å². The third kappa shape index (κ3) is 3.98. The van der Waals surface area contributed by atoms with Gasteiger partial charge in [-0.25, -0.2) is 4.39 Å². The normalized spacial score (nSPS) is 21.3. The Kier molecular flexibility index (Phi) is 5.04. The molecule has 3 N–H and O–H groups in total. The summed E-state index contributed by atoms with van der Waals surface area (Å²) in [7, 11) is 0. The standard InChI is InChI=1S/C20H22FN5O3/c1-11-4-3-7-26(10-11)20-24-17-16(19(29)25-20)14(9-15(27)23-17)18(28)22-13-6-2-5-12(21)8-13/h2,5-6,8,11,14H,3-4,7,9-10H2,1H3,(H,22,28)(H2,23,24,25,27,29)/t11-,14+/m0/s1. The largest absolute Gasteiger partial charge is 0.342 e. The van der Waals surface area contributed by atoms with Crippen molar-refractivity contribution >= 4 is 29.3 Å². The summed E-state index contributed by atoms with van der Waals surface area (Å²) in [5, 5.41) is 5.19. The molecule has 0 saturated carbocycles. The van der Waals surface area contributed by atoms with Gasteiger partial charge in [0.2, 0.25) is 17.8 Å². The quantitative estimate of drug-likeness (QED) is 0.734. The lowest BCUT2D eigenvalue weighted by Crippen LogP contribution is -2.40. The topological polar surface area (TPSA) is 107 Å². The molecule has 29 heavy (non-hydrogen) atoms. The van der Waals surface area contributed by atoms with Gasteiger partial charge in [0.05, 0.1) is 11.5 Å². The lowest BCUT2D eigenvalue weighted by atomic mass is 9.92. The number of nitrogens with zero attached hydrogens (tertiary/aromatic N) is 2. The van der Waals surface area contributed by atoms with Gasteiger partial charge in [-0.05, 0) is 37.0 Å². The molecule has 2 amide bonds. The number of hydrogen-bond donors (Lipinski definition) is 3. The zero-order valence-electron chi connectivity index (χ0n) is 16.0. The first-order chi connectivity index (χ1) is 13.9. The molecule has 1 saturated heterocycles. The molecule has 1 aromatic carbocycles. The van der Waals surface area contributed by atoms with Gasteiger partial charge in [-0.15, -0.1) is 0 Å². The number of benzene rings is 1. The fraction of sp³-hybridized carbons (Fsp3) is 0.400. The SMILES string of the molecule is C[C@H]1CCCN(c2nc3c(c(=O)[nH]2)[C@H](C(=O)Nc2cccc(F)c2)CC(=O)N3)C1. The van der Waals surface area contributed by atoms with Crippen LogP contribution in [0.2, 0.25) is 0 Å². The number of carbonyl (C=O) groups excluding carboxylic acids is 2. The monoisotopic (exact) mass is 399 g/mol. The molecule has 2 aliphatic heterocycles. The number of H-pyrrole nitrogens is 1. The molecule has 152 valence electrons. The van der Waals surface area contributed by atoms with E-state index in [9.17, 15) is 18.8 Å². The molecule has 0 aliphatic carbocycles. The molecule has 0 unspecified atom stereocenters. The molecular weight excluding hydrogens is 377 g/mol. The summed E-state index contributed by atoms with van der Waals surface area (Å²) in [6.07, 6.45) is 1.93. The number of halogens is 1. The number of fused-ring (bicyclic) bond motifs is 1. The second kappa shape index (κ2) is 7.65. The number of hydrogen-bond acceptors (Lipinski definition) is 5. The van der Waals surface area contributed by atoms with Crippen LogP contribution < -0.4 is 21.1 Å². The maximum atomic E-state index is 13.4. The summed E-state index contributed by atoms with van der Waals surface area (Å²) < 4.78 is 13.4. The second-order valence-corrected chi connectivity index (χ2v) is 7.65. The zero-order chi connectivity index (χ0) is 20.5. The van der Waals surface area contributed by atoms with E-state index in [1.165, 1.54) is 24.3 Å². The Morgan fingerprint density at radius 1 is 1.34 bits per heavy atom. The van der Waals surface area contributed by atoms with Gasteiger partial charge in [0.15, 0.2) is 0 Å². The molecule has 4 rings (SSSR count). The Labute approximate surface area is 166 Å². The number of aromatic nitrogens is 2. The number of carbonyl (C=O) groups is 2. The summed E-state index contributed by atoms with van der Waals surface area (Å²) in [6, 6.07) is 5.43. The number of piperidine rings is 1. The van der Waals surface area contributed by atoms with Crippen molar-refractivity contribution in [2.24, 2.45) is 5.92 Å². The molecule has 9 heteroatoms. The summed E-state index contributed by atoms with van der Waals surface area (Å²) in [4.78, 5) is 47.0. The first-order valence-electron chi connectivity index (χ1n) is 9.66. The van der Waals surface area contributed by atoms with Crippen LogP contribution in [0.5, 0.6) is 0 Å². The van der Waals surface area contributed by atoms with E-state index in [1.54, 1.807) is 0 Å². The van der Waals surface area contributed by atoms with Crippen molar-refractivity contribution in [2.45, 2.75) is 32.1 Å². The minimum absolute atomic E-state index is 0.109. The number of aromatic amines is 1. The molecule has 2 aliphatic rings. The van der Waals surface area contributed by atoms with Crippen LogP contribution in [-0.4, -0.2) is 34.9 Å². The molecule has 2 atom stereocenters. The number of nitrogens with one attached hydrogen (secondary N) is 3. The number of anilines is 3. The Morgan fingerprint density at radius 3 is 2.93 bits per heavy atom. The van der Waals surface area contributed by atoms with Gasteiger partial charge < -0.3 is 15.5 Å². The molecular formula is C20H22FN5O3. The third-order valence-electron chi connectivity index (χ3n) is 5.30. The van der Waals surface area contributed by atoms with Crippen LogP contribution in [0.1, 0.15) is 37.7 Å². The first-order valence-corrected chi connectivity index (χ1v) is 9.66. The van der Waals surface area contributed by atoms with Gasteiger partial charge in [0.1, 0.15) is 11.6 Å². The van der Waals surface area contributed by atoms with Crippen LogP contribution >= 0.6 is 0 Å². The van der Waals surface area contributed by atoms with E-state index >= 15 is 0 Å². The molecule has 3 heterocycles. The van der Waals surface area contributed by atoms with Gasteiger partial charge in [0, 0.05) is 25.2 Å². The zero-order valence-corrected chi connectivity index (χ0v) is 16.0. The van der Waals surface area contributed by atoms with Crippen LogP contribution in [0.25, 0.3) is 0 Å². The smallest absolute Gasteiger partial charge is 0.258 e. The fourth-order valence-corrected chi connectivity index (χ4v) is 3.91. The molecule has 8 nitrogen and oxygen atoms in total. The average Bonchev–Trinajstić information content (AvgIpc) is 2.67. The van der Waals surface area contributed by atoms with Crippen LogP contribution in [0.15, 0.2) is 29.1 Å². The third-order valence-corrected chi connectivity index (χ3v) is 5.30. The second-order valence-electron chi connectivity index (χ2n) is 7.65. The predicted molar refractivity (Wildman–Crippen MR) is 106 cm³/mol. The Balaban J connectivity index is 1.65. The molecule has 1 fully saturated rings. The predicted octanol–water partition coefficient (Wildman–Crippen LogP) is 2.21. The van der Waals surface area contributed by atoms with Crippen LogP contribution in [0.4, 0.5) is 21.8 Å². The highest BCUT2D eigenvalue weighted by molar-refractivity contribution is 6.04. The molecule has 0 bridgehead atoms. The van der Waals surface area contributed by atoms with Crippen LogP contribution in [0, 0.1) is 11.7 Å². The van der Waals surface area contributed by atoms with Crippen molar-refractivity contribution in [2.75, 3.05) is 28.6 Å². The van der Waals surface area contributed by atoms with Crippen molar-refractivity contribution in [3.8, 4) is 0 Å². The maximum Gasteiger partial charge on any atom is 0.258 e. The van der Waals surface area contributed by atoms with E-state index in [4.69, 9.17) is 0 Å². The highest BCUT2D eigenvalue weighted by Crippen LogP contribution is 2.31. The highest BCUT2D eigenvalue weighted by atomic mass is 19.1. The van der Waals surface area contributed by atoms with Crippen molar-refractivity contribution in [3.63, 3.8) is 0 Å². The first kappa shape index (κ1) is 19.1. The van der Waals surface area contributed by atoms with Crippen molar-refractivity contribution in [1.29, 1.82) is 0 Å². The van der Waals surface area contributed by atoms with E-state index in [-0.39, 0.29) is 23.5 Å². The van der Waals surface area contributed by atoms with Crippen molar-refractivity contribution in [3.05, 3.63) is 46.0 Å². The molecule has 2 aromatic rings. The molecule has 1 aromatic heterocycles. The van der Waals surface area contributed by atoms with E-state index in [0.29, 0.717) is 11.9 Å².